The third-order valence-electron chi connectivity index (χ3n) is 2.51. The summed E-state index contributed by atoms with van der Waals surface area (Å²) in [6.45, 7) is 0.191. The maximum absolute atomic E-state index is 12.9. The van der Waals surface area contributed by atoms with Gasteiger partial charge in [0, 0.05) is 11.6 Å². The van der Waals surface area contributed by atoms with Gasteiger partial charge in [-0.25, -0.2) is 8.42 Å². The lowest BCUT2D eigenvalue weighted by molar-refractivity contribution is -0.140. The first-order valence-corrected chi connectivity index (χ1v) is 7.07. The van der Waals surface area contributed by atoms with E-state index in [-0.39, 0.29) is 18.2 Å². The number of sulfonamides is 1. The molecule has 1 saturated heterocycles. The zero-order chi connectivity index (χ0) is 14.3. The van der Waals surface area contributed by atoms with Crippen LogP contribution < -0.4 is 0 Å². The highest BCUT2D eigenvalue weighted by atomic mass is 35.5. The Kier molecular flexibility index (Phi) is 3.78. The van der Waals surface area contributed by atoms with Crippen LogP contribution in [0.4, 0.5) is 13.2 Å². The van der Waals surface area contributed by atoms with Crippen molar-refractivity contribution in [3.05, 3.63) is 28.8 Å². The molecule has 0 amide bonds. The summed E-state index contributed by atoms with van der Waals surface area (Å²) in [7, 11) is -4.34. The Labute approximate surface area is 112 Å². The average molecular weight is 316 g/mol. The molecule has 106 valence electrons. The van der Waals surface area contributed by atoms with E-state index in [1.807, 2.05) is 0 Å². The molecule has 0 aliphatic carbocycles. The predicted octanol–water partition coefficient (Wildman–Crippen LogP) is 2.68. The second-order valence-electron chi connectivity index (χ2n) is 3.86. The van der Waals surface area contributed by atoms with Gasteiger partial charge in [-0.05, 0) is 24.6 Å². The normalized spacial score (nSPS) is 17.9. The highest BCUT2D eigenvalue weighted by molar-refractivity contribution is 7.89. The van der Waals surface area contributed by atoms with Gasteiger partial charge in [-0.1, -0.05) is 16.1 Å². The molecule has 0 radical (unpaired) electrons. The Morgan fingerprint density at radius 3 is 2.53 bits per heavy atom. The van der Waals surface area contributed by atoms with Crippen molar-refractivity contribution in [3.8, 4) is 0 Å². The molecule has 9 heteroatoms. The van der Waals surface area contributed by atoms with Crippen LogP contribution in [0.25, 0.3) is 0 Å². The number of rotatable bonds is 2. The van der Waals surface area contributed by atoms with E-state index in [4.69, 9.17) is 16.4 Å². The highest BCUT2D eigenvalue weighted by Gasteiger charge is 2.40. The molecule has 0 atom stereocenters. The molecule has 1 heterocycles. The Bertz CT molecular complexity index is 582. The van der Waals surface area contributed by atoms with Crippen LogP contribution in [0.3, 0.4) is 0 Å². The number of hydroxylamine groups is 1. The first-order chi connectivity index (χ1) is 8.73. The first kappa shape index (κ1) is 14.6. The molecule has 4 nitrogen and oxygen atoms in total. The van der Waals surface area contributed by atoms with Crippen LogP contribution in [0.5, 0.6) is 0 Å². The molecule has 2 rings (SSSR count). The van der Waals surface area contributed by atoms with E-state index in [1.165, 1.54) is 0 Å². The van der Waals surface area contributed by atoms with Crippen LogP contribution in [0, 0.1) is 0 Å². The molecule has 1 aromatic carbocycles. The van der Waals surface area contributed by atoms with Crippen LogP contribution in [0.1, 0.15) is 12.0 Å². The van der Waals surface area contributed by atoms with Gasteiger partial charge in [0.25, 0.3) is 10.0 Å². The monoisotopic (exact) mass is 315 g/mol. The van der Waals surface area contributed by atoms with Crippen molar-refractivity contribution in [3.63, 3.8) is 0 Å². The molecule has 1 aliphatic rings. The van der Waals surface area contributed by atoms with E-state index in [0.717, 1.165) is 12.1 Å². The fourth-order valence-electron chi connectivity index (χ4n) is 1.67. The van der Waals surface area contributed by atoms with Gasteiger partial charge >= 0.3 is 6.18 Å². The van der Waals surface area contributed by atoms with Crippen molar-refractivity contribution in [1.29, 1.82) is 0 Å². The largest absolute Gasteiger partial charge is 0.417 e. The van der Waals surface area contributed by atoms with E-state index in [9.17, 15) is 21.6 Å². The zero-order valence-electron chi connectivity index (χ0n) is 9.45. The van der Waals surface area contributed by atoms with Gasteiger partial charge in [-0.2, -0.15) is 13.2 Å². The van der Waals surface area contributed by atoms with Crippen LogP contribution in [-0.4, -0.2) is 26.0 Å². The molecule has 19 heavy (non-hydrogen) atoms. The summed E-state index contributed by atoms with van der Waals surface area (Å²) >= 11 is 5.49. The number of hydrogen-bond acceptors (Lipinski definition) is 3. The summed E-state index contributed by atoms with van der Waals surface area (Å²) in [4.78, 5) is 3.96. The molecule has 0 N–H and O–H groups in total. The molecule has 1 fully saturated rings. The third-order valence-corrected chi connectivity index (χ3v) is 4.48. The summed E-state index contributed by atoms with van der Waals surface area (Å²) in [5.74, 6) is 0. The minimum Gasteiger partial charge on any atom is -0.284 e. The first-order valence-electron chi connectivity index (χ1n) is 5.25. The lowest BCUT2D eigenvalue weighted by Crippen LogP contribution is -2.28. The summed E-state index contributed by atoms with van der Waals surface area (Å²) in [5.41, 5.74) is -1.30. The van der Waals surface area contributed by atoms with E-state index in [2.05, 4.69) is 0 Å². The molecule has 1 aliphatic heterocycles. The summed E-state index contributed by atoms with van der Waals surface area (Å²) < 4.78 is 63.3. The van der Waals surface area contributed by atoms with E-state index < -0.39 is 26.7 Å². The van der Waals surface area contributed by atoms with Gasteiger partial charge in [0.15, 0.2) is 0 Å². The number of halogens is 4. The SMILES string of the molecule is O=S(=O)(c1ccc(Cl)cc1C(F)(F)F)N1CCCO1. The van der Waals surface area contributed by atoms with Gasteiger partial charge in [0.1, 0.15) is 0 Å². The number of nitrogens with zero attached hydrogens (tertiary/aromatic N) is 1. The van der Waals surface area contributed by atoms with E-state index in [1.54, 1.807) is 0 Å². The lowest BCUT2D eigenvalue weighted by Gasteiger charge is -2.18. The average Bonchev–Trinajstić information content (AvgIpc) is 2.81. The maximum atomic E-state index is 12.9. The molecule has 1 aromatic rings. The van der Waals surface area contributed by atoms with Gasteiger partial charge in [-0.15, -0.1) is 0 Å². The van der Waals surface area contributed by atoms with Crippen molar-refractivity contribution in [2.45, 2.75) is 17.5 Å². The van der Waals surface area contributed by atoms with Gasteiger partial charge < -0.3 is 0 Å². The predicted molar refractivity (Wildman–Crippen MR) is 60.9 cm³/mol. The van der Waals surface area contributed by atoms with Crippen molar-refractivity contribution < 1.29 is 26.4 Å². The smallest absolute Gasteiger partial charge is 0.284 e. The number of alkyl halides is 3. The zero-order valence-corrected chi connectivity index (χ0v) is 11.0. The summed E-state index contributed by atoms with van der Waals surface area (Å²) in [6.07, 6.45) is -4.37. The fourth-order valence-corrected chi connectivity index (χ4v) is 3.34. The molecular weight excluding hydrogens is 307 g/mol. The highest BCUT2D eigenvalue weighted by Crippen LogP contribution is 2.37. The molecular formula is C10H9ClF3NO3S. The summed E-state index contributed by atoms with van der Waals surface area (Å²) in [6, 6.07) is 2.52. The second-order valence-corrected chi connectivity index (χ2v) is 6.09. The number of benzene rings is 1. The topological polar surface area (TPSA) is 46.6 Å². The van der Waals surface area contributed by atoms with Gasteiger partial charge in [0.2, 0.25) is 0 Å². The van der Waals surface area contributed by atoms with Crippen molar-refractivity contribution in [2.75, 3.05) is 13.2 Å². The molecule has 0 unspecified atom stereocenters. The summed E-state index contributed by atoms with van der Waals surface area (Å²) in [5, 5.41) is -0.186. The molecule has 0 spiro atoms. The van der Waals surface area contributed by atoms with Gasteiger partial charge in [-0.3, -0.25) is 4.84 Å². The van der Waals surface area contributed by atoms with Crippen molar-refractivity contribution >= 4 is 21.6 Å². The second kappa shape index (κ2) is 4.93. The van der Waals surface area contributed by atoms with Crippen LogP contribution in [0.2, 0.25) is 5.02 Å². The minimum atomic E-state index is -4.81. The maximum Gasteiger partial charge on any atom is 0.417 e. The van der Waals surface area contributed by atoms with Gasteiger partial charge in [0.05, 0.1) is 17.1 Å². The Morgan fingerprint density at radius 1 is 1.32 bits per heavy atom. The standard InChI is InChI=1S/C10H9ClF3NO3S/c11-7-2-3-9(8(6-7)10(12,13)14)19(16,17)15-4-1-5-18-15/h2-3,6H,1,4-5H2. The Morgan fingerprint density at radius 2 is 2.00 bits per heavy atom. The molecule has 0 saturated carbocycles. The van der Waals surface area contributed by atoms with E-state index in [0.29, 0.717) is 17.0 Å². The third kappa shape index (κ3) is 2.86. The quantitative estimate of drug-likeness (QED) is 0.843. The minimum absolute atomic E-state index is 0.0300. The van der Waals surface area contributed by atoms with Crippen LogP contribution >= 0.6 is 11.6 Å². The lowest BCUT2D eigenvalue weighted by atomic mass is 10.2. The van der Waals surface area contributed by atoms with Crippen molar-refractivity contribution in [2.24, 2.45) is 0 Å². The molecule has 0 bridgehead atoms. The van der Waals surface area contributed by atoms with Crippen molar-refractivity contribution in [1.82, 2.24) is 4.47 Å². The fraction of sp³-hybridized carbons (Fsp3) is 0.400. The Balaban J connectivity index is 2.56. The molecule has 0 aromatic heterocycles. The van der Waals surface area contributed by atoms with Crippen LogP contribution in [0.15, 0.2) is 23.1 Å². The number of hydrogen-bond donors (Lipinski definition) is 0. The van der Waals surface area contributed by atoms with Crippen LogP contribution in [-0.2, 0) is 21.0 Å². The Hall–Kier alpha value is -0.830. The van der Waals surface area contributed by atoms with E-state index >= 15 is 0 Å².